The molecule has 0 amide bonds. The molecular formula is C28H21N7O. The number of H-pyrrole nitrogens is 1. The summed E-state index contributed by atoms with van der Waals surface area (Å²) in [4.78, 5) is 23.0. The molecule has 5 aromatic heterocycles. The molecule has 0 saturated heterocycles. The molecule has 174 valence electrons. The molecule has 8 nitrogen and oxygen atoms in total. The molecule has 0 aliphatic heterocycles. The first-order valence-corrected chi connectivity index (χ1v) is 11.7. The Bertz CT molecular complexity index is 1990. The molecule has 0 aliphatic rings. The van der Waals surface area contributed by atoms with Gasteiger partial charge in [0.1, 0.15) is 11.2 Å². The lowest BCUT2D eigenvalue weighted by Gasteiger charge is -2.07. The van der Waals surface area contributed by atoms with Crippen LogP contribution in [0.2, 0.25) is 0 Å². The minimum absolute atomic E-state index is 0.143. The van der Waals surface area contributed by atoms with Crippen LogP contribution in [0.3, 0.4) is 0 Å². The van der Waals surface area contributed by atoms with Crippen LogP contribution in [-0.2, 0) is 20.0 Å². The lowest BCUT2D eigenvalue weighted by atomic mass is 10.0. The molecule has 7 rings (SSSR count). The van der Waals surface area contributed by atoms with Gasteiger partial charge in [-0.1, -0.05) is 30.3 Å². The number of benzene rings is 2. The molecule has 0 saturated carbocycles. The first-order chi connectivity index (χ1) is 17.7. The fourth-order valence-electron chi connectivity index (χ4n) is 5.10. The van der Waals surface area contributed by atoms with Crippen LogP contribution in [0.25, 0.3) is 43.7 Å². The predicted molar refractivity (Wildman–Crippen MR) is 140 cm³/mol. The number of hydrogen-bond donors (Lipinski definition) is 1. The molecular weight excluding hydrogens is 450 g/mol. The maximum Gasteiger partial charge on any atom is 0.291 e. The van der Waals surface area contributed by atoms with Crippen LogP contribution >= 0.6 is 0 Å². The third kappa shape index (κ3) is 3.11. The van der Waals surface area contributed by atoms with Crippen LogP contribution in [0.15, 0.2) is 84.0 Å². The zero-order valence-corrected chi connectivity index (χ0v) is 19.5. The Balaban J connectivity index is 1.32. The normalized spacial score (nSPS) is 11.8. The zero-order chi connectivity index (χ0) is 24.2. The van der Waals surface area contributed by atoms with E-state index in [0.717, 1.165) is 49.5 Å². The maximum absolute atomic E-state index is 13.5. The van der Waals surface area contributed by atoms with E-state index in [0.29, 0.717) is 18.5 Å². The van der Waals surface area contributed by atoms with E-state index in [1.165, 1.54) is 10.2 Å². The second-order valence-corrected chi connectivity index (χ2v) is 9.01. The minimum atomic E-state index is -0.143. The Hall–Kier alpha value is -4.85. The van der Waals surface area contributed by atoms with Crippen LogP contribution < -0.4 is 5.56 Å². The van der Waals surface area contributed by atoms with Crippen molar-refractivity contribution in [3.05, 3.63) is 106 Å². The highest BCUT2D eigenvalue weighted by atomic mass is 16.1. The van der Waals surface area contributed by atoms with Crippen molar-refractivity contribution in [2.24, 2.45) is 7.05 Å². The van der Waals surface area contributed by atoms with Crippen LogP contribution in [0, 0.1) is 0 Å². The van der Waals surface area contributed by atoms with Gasteiger partial charge in [-0.25, -0.2) is 9.67 Å². The maximum atomic E-state index is 13.5. The number of aryl methyl sites for hydroxylation is 1. The summed E-state index contributed by atoms with van der Waals surface area (Å²) in [6.45, 7) is 0.362. The van der Waals surface area contributed by atoms with Gasteiger partial charge >= 0.3 is 0 Å². The van der Waals surface area contributed by atoms with E-state index in [1.807, 2.05) is 72.4 Å². The summed E-state index contributed by atoms with van der Waals surface area (Å²) in [5, 5.41) is 15.4. The van der Waals surface area contributed by atoms with E-state index in [9.17, 15) is 4.79 Å². The smallest absolute Gasteiger partial charge is 0.291 e. The molecule has 0 fully saturated rings. The summed E-state index contributed by atoms with van der Waals surface area (Å²) in [5.74, 6) is 0. The van der Waals surface area contributed by atoms with Crippen molar-refractivity contribution in [3.63, 3.8) is 0 Å². The van der Waals surface area contributed by atoms with Crippen molar-refractivity contribution in [1.82, 2.24) is 34.5 Å². The second kappa shape index (κ2) is 7.84. The van der Waals surface area contributed by atoms with Gasteiger partial charge in [0.05, 0.1) is 30.0 Å². The average molecular weight is 472 g/mol. The van der Waals surface area contributed by atoms with E-state index in [1.54, 1.807) is 12.4 Å². The van der Waals surface area contributed by atoms with Gasteiger partial charge in [0.25, 0.3) is 5.56 Å². The molecule has 0 spiro atoms. The number of nitrogens with zero attached hydrogens (tertiary/aromatic N) is 6. The largest absolute Gasteiger partial charge is 0.324 e. The van der Waals surface area contributed by atoms with E-state index in [2.05, 4.69) is 26.3 Å². The quantitative estimate of drug-likeness (QED) is 0.412. The van der Waals surface area contributed by atoms with Gasteiger partial charge in [-0.2, -0.15) is 10.2 Å². The van der Waals surface area contributed by atoms with Gasteiger partial charge < -0.3 is 4.57 Å². The van der Waals surface area contributed by atoms with E-state index >= 15 is 0 Å². The summed E-state index contributed by atoms with van der Waals surface area (Å²) in [5.41, 5.74) is 6.22. The summed E-state index contributed by atoms with van der Waals surface area (Å²) < 4.78 is 3.39. The highest BCUT2D eigenvalue weighted by Gasteiger charge is 2.16. The average Bonchev–Trinajstić information content (AvgIpc) is 3.50. The topological polar surface area (TPSA) is 94.3 Å². The van der Waals surface area contributed by atoms with Gasteiger partial charge in [0, 0.05) is 46.9 Å². The first kappa shape index (κ1) is 20.5. The fraction of sp³-hybridized carbons (Fsp3) is 0.107. The number of rotatable bonds is 4. The minimum Gasteiger partial charge on any atom is -0.324 e. The number of nitrogens with one attached hydrogen (secondary N) is 1. The van der Waals surface area contributed by atoms with Crippen LogP contribution in [0.1, 0.15) is 16.8 Å². The number of pyridine rings is 2. The molecule has 0 bridgehead atoms. The lowest BCUT2D eigenvalue weighted by molar-refractivity contribution is 0.647. The van der Waals surface area contributed by atoms with Crippen molar-refractivity contribution in [1.29, 1.82) is 0 Å². The van der Waals surface area contributed by atoms with Gasteiger partial charge in [0.15, 0.2) is 0 Å². The van der Waals surface area contributed by atoms with Gasteiger partial charge in [0.2, 0.25) is 0 Å². The summed E-state index contributed by atoms with van der Waals surface area (Å²) >= 11 is 0. The number of fused-ring (bicyclic) bond motifs is 5. The fourth-order valence-corrected chi connectivity index (χ4v) is 5.10. The Morgan fingerprint density at radius 2 is 1.78 bits per heavy atom. The van der Waals surface area contributed by atoms with E-state index in [4.69, 9.17) is 4.98 Å². The SMILES string of the molecule is Cn1c2nc(Cc3ccnc4ccccc34)ccc2c2cnn(Cc3cccc4[nH]ncc34)c(=O)c21. The molecule has 0 aliphatic carbocycles. The first-order valence-electron chi connectivity index (χ1n) is 11.7. The van der Waals surface area contributed by atoms with E-state index in [-0.39, 0.29) is 5.56 Å². The van der Waals surface area contributed by atoms with Crippen molar-refractivity contribution in [2.75, 3.05) is 0 Å². The predicted octanol–water partition coefficient (Wildman–Crippen LogP) is 4.35. The number of aromatic amines is 1. The third-order valence-corrected chi connectivity index (χ3v) is 6.90. The standard InChI is InChI=1S/C28H21N7O/c1-34-26-23(15-31-35(28(26)36)16-18-5-4-8-25-22(18)14-30-33-25)21-10-9-19(32-27(21)34)13-17-11-12-29-24-7-3-2-6-20(17)24/h2-12,14-15H,13,16H2,1H3,(H,30,33). The van der Waals surface area contributed by atoms with Gasteiger partial charge in [-0.05, 0) is 41.5 Å². The van der Waals surface area contributed by atoms with Crippen molar-refractivity contribution in [3.8, 4) is 0 Å². The van der Waals surface area contributed by atoms with Gasteiger partial charge in [-0.15, -0.1) is 0 Å². The number of hydrogen-bond acceptors (Lipinski definition) is 5. The van der Waals surface area contributed by atoms with Crippen molar-refractivity contribution >= 4 is 43.7 Å². The highest BCUT2D eigenvalue weighted by molar-refractivity contribution is 6.05. The monoisotopic (exact) mass is 471 g/mol. The summed E-state index contributed by atoms with van der Waals surface area (Å²) in [6.07, 6.45) is 6.07. The number of aromatic nitrogens is 7. The molecule has 36 heavy (non-hydrogen) atoms. The van der Waals surface area contributed by atoms with Crippen molar-refractivity contribution < 1.29 is 0 Å². The Kier molecular flexibility index (Phi) is 4.47. The number of para-hydroxylation sites is 1. The Morgan fingerprint density at radius 3 is 2.72 bits per heavy atom. The molecule has 0 atom stereocenters. The molecule has 7 aromatic rings. The van der Waals surface area contributed by atoms with Crippen LogP contribution in [-0.4, -0.2) is 34.5 Å². The zero-order valence-electron chi connectivity index (χ0n) is 19.5. The lowest BCUT2D eigenvalue weighted by Crippen LogP contribution is -2.24. The molecule has 8 heteroatoms. The molecule has 1 N–H and O–H groups in total. The Labute approximate surface area is 204 Å². The van der Waals surface area contributed by atoms with Crippen LogP contribution in [0.5, 0.6) is 0 Å². The summed E-state index contributed by atoms with van der Waals surface area (Å²) in [7, 11) is 1.89. The Morgan fingerprint density at radius 1 is 0.861 bits per heavy atom. The van der Waals surface area contributed by atoms with Crippen molar-refractivity contribution in [2.45, 2.75) is 13.0 Å². The molecule has 2 aromatic carbocycles. The third-order valence-electron chi connectivity index (χ3n) is 6.90. The van der Waals surface area contributed by atoms with E-state index < -0.39 is 0 Å². The van der Waals surface area contributed by atoms with Gasteiger partial charge in [-0.3, -0.25) is 14.9 Å². The summed E-state index contributed by atoms with van der Waals surface area (Å²) in [6, 6.07) is 20.2. The highest BCUT2D eigenvalue weighted by Crippen LogP contribution is 2.26. The molecule has 0 unspecified atom stereocenters. The molecule has 0 radical (unpaired) electrons. The van der Waals surface area contributed by atoms with Crippen LogP contribution in [0.4, 0.5) is 0 Å². The molecule has 5 heterocycles. The second-order valence-electron chi connectivity index (χ2n) is 9.01.